The Labute approximate surface area is 106 Å². The minimum Gasteiger partial charge on any atom is -0.247 e. The first-order chi connectivity index (χ1) is 8.68. The van der Waals surface area contributed by atoms with E-state index in [-0.39, 0.29) is 0 Å². The second-order valence-corrected chi connectivity index (χ2v) is 4.75. The van der Waals surface area contributed by atoms with Gasteiger partial charge in [0, 0.05) is 0 Å². The molecule has 0 aromatic heterocycles. The molecule has 0 amide bonds. The van der Waals surface area contributed by atoms with Crippen LogP contribution in [-0.4, -0.2) is 5.97 Å². The molecule has 0 bridgehead atoms. The molecular formula is C16H13O2. The van der Waals surface area contributed by atoms with Crippen LogP contribution in [0.2, 0.25) is 0 Å². The molecule has 0 saturated carbocycles. The summed E-state index contributed by atoms with van der Waals surface area (Å²) >= 11 is 0. The molecule has 2 nitrogen and oxygen atoms in total. The first kappa shape index (κ1) is 11.0. The van der Waals surface area contributed by atoms with Gasteiger partial charge < -0.3 is 0 Å². The summed E-state index contributed by atoms with van der Waals surface area (Å²) in [6, 6.07) is 14.1. The number of carbonyl (C=O) groups is 1. The standard InChI is InChI=1S/C16H13O2/c1-10(16(17)18)12-7-4-8-14-13-6-3-2-5-11(13)9-15(12)14/h2-8,10H,9H2,1H3. The van der Waals surface area contributed by atoms with E-state index in [1.807, 2.05) is 24.3 Å². The molecule has 0 aliphatic heterocycles. The molecule has 2 heteroatoms. The van der Waals surface area contributed by atoms with Crippen molar-refractivity contribution in [3.05, 3.63) is 59.2 Å². The number of hydrogen-bond acceptors (Lipinski definition) is 1. The van der Waals surface area contributed by atoms with Gasteiger partial charge in [-0.15, -0.1) is 0 Å². The van der Waals surface area contributed by atoms with Crippen molar-refractivity contribution in [1.82, 2.24) is 0 Å². The van der Waals surface area contributed by atoms with Gasteiger partial charge in [-0.05, 0) is 41.2 Å². The Morgan fingerprint density at radius 3 is 2.56 bits per heavy atom. The van der Waals surface area contributed by atoms with Gasteiger partial charge in [-0.3, -0.25) is 0 Å². The summed E-state index contributed by atoms with van der Waals surface area (Å²) in [5.74, 6) is -1.58. The van der Waals surface area contributed by atoms with Gasteiger partial charge in [0.2, 0.25) is 0 Å². The van der Waals surface area contributed by atoms with Crippen LogP contribution in [0.15, 0.2) is 42.5 Å². The van der Waals surface area contributed by atoms with Crippen LogP contribution in [0.5, 0.6) is 0 Å². The van der Waals surface area contributed by atoms with Gasteiger partial charge in [0.25, 0.3) is 0 Å². The number of carbonyl (C=O) groups excluding carboxylic acids is 1. The fourth-order valence-corrected chi connectivity index (χ4v) is 2.71. The van der Waals surface area contributed by atoms with E-state index in [4.69, 9.17) is 0 Å². The Kier molecular flexibility index (Phi) is 2.44. The van der Waals surface area contributed by atoms with Crippen molar-refractivity contribution >= 4 is 5.97 Å². The Hall–Kier alpha value is -2.09. The van der Waals surface area contributed by atoms with E-state index in [0.29, 0.717) is 0 Å². The van der Waals surface area contributed by atoms with Crippen LogP contribution < -0.4 is 0 Å². The first-order valence-electron chi connectivity index (χ1n) is 6.09. The number of fused-ring (bicyclic) bond motifs is 3. The zero-order valence-corrected chi connectivity index (χ0v) is 10.1. The van der Waals surface area contributed by atoms with Crippen molar-refractivity contribution in [1.29, 1.82) is 0 Å². The Morgan fingerprint density at radius 1 is 1.06 bits per heavy atom. The van der Waals surface area contributed by atoms with E-state index >= 15 is 0 Å². The maximum Gasteiger partial charge on any atom is 0.362 e. The summed E-state index contributed by atoms with van der Waals surface area (Å²) in [5.41, 5.74) is 5.67. The lowest BCUT2D eigenvalue weighted by Gasteiger charge is -2.11. The van der Waals surface area contributed by atoms with Gasteiger partial charge in [-0.2, -0.15) is 0 Å². The van der Waals surface area contributed by atoms with Gasteiger partial charge in [0.1, 0.15) is 0 Å². The van der Waals surface area contributed by atoms with E-state index in [1.54, 1.807) is 6.92 Å². The molecule has 0 saturated heterocycles. The van der Waals surface area contributed by atoms with Crippen LogP contribution in [0.1, 0.15) is 29.5 Å². The van der Waals surface area contributed by atoms with Gasteiger partial charge in [-0.1, -0.05) is 42.5 Å². The molecule has 0 heterocycles. The van der Waals surface area contributed by atoms with Crippen molar-refractivity contribution < 1.29 is 9.90 Å². The summed E-state index contributed by atoms with van der Waals surface area (Å²) in [6.07, 6.45) is 0.819. The minimum absolute atomic E-state index is 0.561. The van der Waals surface area contributed by atoms with Gasteiger partial charge >= 0.3 is 5.97 Å². The van der Waals surface area contributed by atoms with E-state index < -0.39 is 11.9 Å². The van der Waals surface area contributed by atoms with E-state index in [1.165, 1.54) is 11.1 Å². The quantitative estimate of drug-likeness (QED) is 0.673. The van der Waals surface area contributed by atoms with E-state index in [2.05, 4.69) is 18.2 Å². The zero-order valence-electron chi connectivity index (χ0n) is 10.1. The number of rotatable bonds is 2. The molecule has 1 unspecified atom stereocenters. The van der Waals surface area contributed by atoms with Crippen molar-refractivity contribution in [3.63, 3.8) is 0 Å². The molecule has 1 aliphatic rings. The van der Waals surface area contributed by atoms with Crippen molar-refractivity contribution in [3.8, 4) is 11.1 Å². The lowest BCUT2D eigenvalue weighted by atomic mass is 9.92. The lowest BCUT2D eigenvalue weighted by molar-refractivity contribution is -0.144. The fourth-order valence-electron chi connectivity index (χ4n) is 2.71. The molecule has 2 aromatic rings. The largest absolute Gasteiger partial charge is 0.362 e. The molecule has 0 N–H and O–H groups in total. The third-order valence-corrected chi connectivity index (χ3v) is 3.71. The maximum absolute atomic E-state index is 11.1. The van der Waals surface area contributed by atoms with Crippen LogP contribution in [0.25, 0.3) is 11.1 Å². The maximum atomic E-state index is 11.1. The van der Waals surface area contributed by atoms with Gasteiger partial charge in [-0.25, -0.2) is 9.90 Å². The molecule has 0 spiro atoms. The fraction of sp³-hybridized carbons (Fsp3) is 0.188. The summed E-state index contributed by atoms with van der Waals surface area (Å²) < 4.78 is 0. The van der Waals surface area contributed by atoms with Gasteiger partial charge in [0.05, 0.1) is 5.92 Å². The molecule has 18 heavy (non-hydrogen) atoms. The highest BCUT2D eigenvalue weighted by Gasteiger charge is 2.25. The third kappa shape index (κ3) is 1.53. The van der Waals surface area contributed by atoms with Crippen LogP contribution in [-0.2, 0) is 16.3 Å². The molecule has 1 atom stereocenters. The molecule has 1 aliphatic carbocycles. The molecule has 0 fully saturated rings. The van der Waals surface area contributed by atoms with Crippen LogP contribution >= 0.6 is 0 Å². The van der Waals surface area contributed by atoms with Crippen LogP contribution in [0, 0.1) is 0 Å². The van der Waals surface area contributed by atoms with E-state index in [0.717, 1.165) is 23.1 Å². The lowest BCUT2D eigenvalue weighted by Crippen LogP contribution is -2.08. The first-order valence-corrected chi connectivity index (χ1v) is 6.09. The van der Waals surface area contributed by atoms with Crippen molar-refractivity contribution in [2.45, 2.75) is 19.3 Å². The Morgan fingerprint density at radius 2 is 1.78 bits per heavy atom. The normalized spacial score (nSPS) is 13.8. The van der Waals surface area contributed by atoms with Crippen molar-refractivity contribution in [2.75, 3.05) is 0 Å². The summed E-state index contributed by atoms with van der Waals surface area (Å²) in [6.45, 7) is 1.69. The molecule has 2 aromatic carbocycles. The summed E-state index contributed by atoms with van der Waals surface area (Å²) in [7, 11) is 0. The Balaban J connectivity index is 2.17. The highest BCUT2D eigenvalue weighted by molar-refractivity contribution is 5.82. The average Bonchev–Trinajstić information content (AvgIpc) is 2.76. The third-order valence-electron chi connectivity index (χ3n) is 3.71. The Bertz CT molecular complexity index is 629. The van der Waals surface area contributed by atoms with Crippen molar-refractivity contribution in [2.24, 2.45) is 0 Å². The predicted octanol–water partition coefficient (Wildman–Crippen LogP) is 3.32. The predicted molar refractivity (Wildman–Crippen MR) is 68.8 cm³/mol. The second kappa shape index (κ2) is 3.98. The smallest absolute Gasteiger partial charge is 0.247 e. The van der Waals surface area contributed by atoms with E-state index in [9.17, 15) is 9.90 Å². The topological polar surface area (TPSA) is 37.0 Å². The van der Waals surface area contributed by atoms with Crippen LogP contribution in [0.3, 0.4) is 0 Å². The highest BCUT2D eigenvalue weighted by Crippen LogP contribution is 2.40. The summed E-state index contributed by atoms with van der Waals surface area (Å²) in [4.78, 5) is 11.1. The van der Waals surface area contributed by atoms with Crippen LogP contribution in [0.4, 0.5) is 0 Å². The molecule has 3 rings (SSSR count). The highest BCUT2D eigenvalue weighted by atomic mass is 16.4. The monoisotopic (exact) mass is 237 g/mol. The molecular weight excluding hydrogens is 224 g/mol. The second-order valence-electron chi connectivity index (χ2n) is 4.75. The number of benzene rings is 2. The average molecular weight is 237 g/mol. The zero-order chi connectivity index (χ0) is 12.7. The van der Waals surface area contributed by atoms with Gasteiger partial charge in [0.15, 0.2) is 0 Å². The number of hydrogen-bond donors (Lipinski definition) is 0. The molecule has 1 radical (unpaired) electrons. The summed E-state index contributed by atoms with van der Waals surface area (Å²) in [5, 5.41) is 11.1. The molecule has 89 valence electrons. The SMILES string of the molecule is CC(C([O])=O)c1cccc2c1Cc1ccccc1-2. The minimum atomic E-state index is -1.01.